The summed E-state index contributed by atoms with van der Waals surface area (Å²) >= 11 is 0. The van der Waals surface area contributed by atoms with Crippen molar-refractivity contribution in [3.8, 4) is 0 Å². The van der Waals surface area contributed by atoms with E-state index >= 15 is 0 Å². The molecule has 4 rings (SSSR count). The Morgan fingerprint density at radius 1 is 1.12 bits per heavy atom. The van der Waals surface area contributed by atoms with Crippen LogP contribution in [0, 0.1) is 13.8 Å². The molecule has 0 spiro atoms. The summed E-state index contributed by atoms with van der Waals surface area (Å²) in [6.45, 7) is 4.28. The fourth-order valence-electron chi connectivity index (χ4n) is 3.34. The topological polar surface area (TPSA) is 63.6 Å². The highest BCUT2D eigenvalue weighted by molar-refractivity contribution is 5.95. The van der Waals surface area contributed by atoms with Crippen LogP contribution in [0.5, 0.6) is 0 Å². The molecule has 1 N–H and O–H groups in total. The van der Waals surface area contributed by atoms with Crippen LogP contribution in [-0.4, -0.2) is 25.5 Å². The Kier molecular flexibility index (Phi) is 4.13. The molecule has 0 atom stereocenters. The first kappa shape index (κ1) is 16.3. The average molecular weight is 344 g/mol. The van der Waals surface area contributed by atoms with Gasteiger partial charge in [0.25, 0.3) is 0 Å². The summed E-state index contributed by atoms with van der Waals surface area (Å²) in [6, 6.07) is 13.4. The second-order valence-electron chi connectivity index (χ2n) is 6.49. The summed E-state index contributed by atoms with van der Waals surface area (Å²) in [5, 5.41) is 5.73. The van der Waals surface area contributed by atoms with Crippen molar-refractivity contribution >= 4 is 16.8 Å². The van der Waals surface area contributed by atoms with Crippen LogP contribution in [0.25, 0.3) is 11.0 Å². The minimum Gasteiger partial charge on any atom is -0.346 e. The standard InChI is InChI=1S/C21H20N4O/c1-14-19(11-17-12-23-21-18(17)9-6-10-22-21)15(2)25(24-14)13-20(26)16-7-4-3-5-8-16/h3-10,12H,11,13H2,1-2H3,(H,22,23). The summed E-state index contributed by atoms with van der Waals surface area (Å²) in [5.74, 6) is 0.0686. The van der Waals surface area contributed by atoms with E-state index in [0.717, 1.165) is 34.4 Å². The van der Waals surface area contributed by atoms with Crippen LogP contribution in [0.3, 0.4) is 0 Å². The van der Waals surface area contributed by atoms with E-state index in [1.54, 1.807) is 6.20 Å². The van der Waals surface area contributed by atoms with Gasteiger partial charge >= 0.3 is 0 Å². The van der Waals surface area contributed by atoms with Gasteiger partial charge in [0.1, 0.15) is 12.2 Å². The van der Waals surface area contributed by atoms with Crippen LogP contribution in [-0.2, 0) is 13.0 Å². The number of H-pyrrole nitrogens is 1. The van der Waals surface area contributed by atoms with Crippen LogP contribution in [0.1, 0.15) is 32.9 Å². The molecule has 0 amide bonds. The number of Topliss-reactive ketones (excluding diaryl/α,β-unsaturated/α-hetero) is 1. The van der Waals surface area contributed by atoms with Crippen LogP contribution in [0.2, 0.25) is 0 Å². The molecule has 3 heterocycles. The van der Waals surface area contributed by atoms with Crippen molar-refractivity contribution in [2.24, 2.45) is 0 Å². The molecule has 0 aliphatic carbocycles. The molecule has 1 aromatic carbocycles. The van der Waals surface area contributed by atoms with Crippen molar-refractivity contribution in [1.82, 2.24) is 19.7 Å². The lowest BCUT2D eigenvalue weighted by molar-refractivity contribution is 0.0966. The highest BCUT2D eigenvalue weighted by Crippen LogP contribution is 2.23. The third kappa shape index (κ3) is 2.92. The summed E-state index contributed by atoms with van der Waals surface area (Å²) < 4.78 is 1.81. The third-order valence-electron chi connectivity index (χ3n) is 4.82. The maximum Gasteiger partial charge on any atom is 0.184 e. The Morgan fingerprint density at radius 3 is 2.73 bits per heavy atom. The molecule has 4 aromatic rings. The molecule has 26 heavy (non-hydrogen) atoms. The number of fused-ring (bicyclic) bond motifs is 1. The molecule has 130 valence electrons. The minimum atomic E-state index is 0.0686. The Labute approximate surface area is 151 Å². The van der Waals surface area contributed by atoms with Crippen LogP contribution < -0.4 is 0 Å². The first-order valence-corrected chi connectivity index (χ1v) is 8.65. The highest BCUT2D eigenvalue weighted by atomic mass is 16.1. The van der Waals surface area contributed by atoms with E-state index in [0.29, 0.717) is 5.56 Å². The number of hydrogen-bond donors (Lipinski definition) is 1. The number of carbonyl (C=O) groups excluding carboxylic acids is 1. The van der Waals surface area contributed by atoms with Crippen molar-refractivity contribution < 1.29 is 4.79 Å². The monoisotopic (exact) mass is 344 g/mol. The first-order chi connectivity index (χ1) is 12.6. The number of nitrogens with zero attached hydrogens (tertiary/aromatic N) is 3. The van der Waals surface area contributed by atoms with Crippen molar-refractivity contribution in [2.45, 2.75) is 26.8 Å². The molecule has 0 aliphatic rings. The Morgan fingerprint density at radius 2 is 1.92 bits per heavy atom. The van der Waals surface area contributed by atoms with Crippen LogP contribution in [0.4, 0.5) is 0 Å². The second-order valence-corrected chi connectivity index (χ2v) is 6.49. The highest BCUT2D eigenvalue weighted by Gasteiger charge is 2.16. The number of carbonyl (C=O) groups is 1. The maximum absolute atomic E-state index is 12.5. The van der Waals surface area contributed by atoms with Crippen molar-refractivity contribution in [3.63, 3.8) is 0 Å². The lowest BCUT2D eigenvalue weighted by Crippen LogP contribution is -2.13. The predicted octanol–water partition coefficient (Wildman–Crippen LogP) is 3.85. The van der Waals surface area contributed by atoms with E-state index in [9.17, 15) is 4.79 Å². The number of rotatable bonds is 5. The molecule has 3 aromatic heterocycles. The van der Waals surface area contributed by atoms with Gasteiger partial charge in [-0.2, -0.15) is 5.10 Å². The molecule has 5 heteroatoms. The van der Waals surface area contributed by atoms with Crippen LogP contribution >= 0.6 is 0 Å². The number of nitrogens with one attached hydrogen (secondary N) is 1. The quantitative estimate of drug-likeness (QED) is 0.559. The van der Waals surface area contributed by atoms with Crippen molar-refractivity contribution in [1.29, 1.82) is 0 Å². The van der Waals surface area contributed by atoms with E-state index < -0.39 is 0 Å². The lowest BCUT2D eigenvalue weighted by atomic mass is 10.0. The molecule has 0 unspecified atom stereocenters. The van der Waals surface area contributed by atoms with E-state index in [4.69, 9.17) is 0 Å². The first-order valence-electron chi connectivity index (χ1n) is 8.65. The van der Waals surface area contributed by atoms with E-state index in [1.165, 1.54) is 5.56 Å². The van der Waals surface area contributed by atoms with Gasteiger partial charge in [-0.3, -0.25) is 9.48 Å². The van der Waals surface area contributed by atoms with Crippen molar-refractivity contribution in [3.05, 3.63) is 82.9 Å². The minimum absolute atomic E-state index is 0.0686. The smallest absolute Gasteiger partial charge is 0.184 e. The summed E-state index contributed by atoms with van der Waals surface area (Å²) in [5.41, 5.74) is 5.95. The zero-order valence-corrected chi connectivity index (χ0v) is 14.9. The van der Waals surface area contributed by atoms with Gasteiger partial charge in [-0.05, 0) is 31.5 Å². The number of hydrogen-bond acceptors (Lipinski definition) is 3. The lowest BCUT2D eigenvalue weighted by Gasteiger charge is -2.05. The number of aromatic nitrogens is 4. The number of ketones is 1. The van der Waals surface area contributed by atoms with Gasteiger partial charge in [-0.15, -0.1) is 0 Å². The van der Waals surface area contributed by atoms with E-state index in [2.05, 4.69) is 21.1 Å². The zero-order valence-electron chi connectivity index (χ0n) is 14.9. The molecule has 5 nitrogen and oxygen atoms in total. The SMILES string of the molecule is Cc1nn(CC(=O)c2ccccc2)c(C)c1Cc1c[nH]c2ncccc12. The Balaban J connectivity index is 1.61. The van der Waals surface area contributed by atoms with Gasteiger partial charge in [-0.25, -0.2) is 4.98 Å². The number of aryl methyl sites for hydroxylation is 1. The number of pyridine rings is 1. The number of benzene rings is 1. The predicted molar refractivity (Wildman–Crippen MR) is 101 cm³/mol. The van der Waals surface area contributed by atoms with Crippen molar-refractivity contribution in [2.75, 3.05) is 0 Å². The van der Waals surface area contributed by atoms with Gasteiger partial charge in [0.2, 0.25) is 0 Å². The van der Waals surface area contributed by atoms with E-state index in [1.807, 2.05) is 61.1 Å². The second kappa shape index (κ2) is 6.59. The van der Waals surface area contributed by atoms with Gasteiger partial charge < -0.3 is 4.98 Å². The largest absolute Gasteiger partial charge is 0.346 e. The van der Waals surface area contributed by atoms with Gasteiger partial charge in [0.05, 0.1) is 5.69 Å². The third-order valence-corrected chi connectivity index (χ3v) is 4.82. The fraction of sp³-hybridized carbons (Fsp3) is 0.190. The molecule has 0 saturated heterocycles. The average Bonchev–Trinajstić information content (AvgIpc) is 3.19. The van der Waals surface area contributed by atoms with Gasteiger partial charge in [0, 0.05) is 41.0 Å². The normalized spacial score (nSPS) is 11.2. The molecule has 0 saturated carbocycles. The maximum atomic E-state index is 12.5. The van der Waals surface area contributed by atoms with Crippen LogP contribution in [0.15, 0.2) is 54.9 Å². The Bertz CT molecular complexity index is 1080. The van der Waals surface area contributed by atoms with Gasteiger partial charge in [0.15, 0.2) is 5.78 Å². The summed E-state index contributed by atoms with van der Waals surface area (Å²) in [6.07, 6.45) is 4.55. The molecular formula is C21H20N4O. The molecule has 0 fully saturated rings. The fourth-order valence-corrected chi connectivity index (χ4v) is 3.34. The molecule has 0 aliphatic heterocycles. The zero-order chi connectivity index (χ0) is 18.1. The molecule has 0 radical (unpaired) electrons. The number of aromatic amines is 1. The molecular weight excluding hydrogens is 324 g/mol. The summed E-state index contributed by atoms with van der Waals surface area (Å²) in [7, 11) is 0. The summed E-state index contributed by atoms with van der Waals surface area (Å²) in [4.78, 5) is 20.1. The van der Waals surface area contributed by atoms with Gasteiger partial charge in [-0.1, -0.05) is 30.3 Å². The molecule has 0 bridgehead atoms. The van der Waals surface area contributed by atoms with E-state index in [-0.39, 0.29) is 12.3 Å². The Hall–Kier alpha value is -3.21.